The average Bonchev–Trinajstić information content (AvgIpc) is 2.83. The van der Waals surface area contributed by atoms with Gasteiger partial charge in [0.25, 0.3) is 11.8 Å². The van der Waals surface area contributed by atoms with Gasteiger partial charge >= 0.3 is 0 Å². The molecule has 0 radical (unpaired) electrons. The Morgan fingerprint density at radius 3 is 2.50 bits per heavy atom. The number of likely N-dealkylation sites (tertiary alicyclic amines) is 1. The van der Waals surface area contributed by atoms with E-state index in [0.717, 1.165) is 37.2 Å². The number of nitrogens with zero attached hydrogens (tertiary/aromatic N) is 4. The Labute approximate surface area is 193 Å². The van der Waals surface area contributed by atoms with Gasteiger partial charge in [0.15, 0.2) is 0 Å². The Kier molecular flexibility index (Phi) is 6.74. The first kappa shape index (κ1) is 22.3. The van der Waals surface area contributed by atoms with Crippen LogP contribution >= 0.6 is 11.6 Å². The summed E-state index contributed by atoms with van der Waals surface area (Å²) in [6, 6.07) is 6.97. The summed E-state index contributed by atoms with van der Waals surface area (Å²) in [6.07, 6.45) is 6.52. The molecule has 4 rings (SSSR count). The van der Waals surface area contributed by atoms with Crippen molar-refractivity contribution in [2.45, 2.75) is 32.1 Å². The first-order valence-electron chi connectivity index (χ1n) is 10.9. The van der Waals surface area contributed by atoms with E-state index in [0.29, 0.717) is 36.6 Å². The minimum absolute atomic E-state index is 0.0360. The Morgan fingerprint density at radius 1 is 1.03 bits per heavy atom. The molecule has 4 heterocycles. The van der Waals surface area contributed by atoms with Crippen molar-refractivity contribution in [2.75, 3.05) is 33.3 Å². The molecule has 1 fully saturated rings. The van der Waals surface area contributed by atoms with Crippen LogP contribution in [0.2, 0.25) is 5.15 Å². The molecule has 0 N–H and O–H groups in total. The quantitative estimate of drug-likeness (QED) is 0.517. The number of amides is 2. The Bertz CT molecular complexity index is 1050. The van der Waals surface area contributed by atoms with Gasteiger partial charge in [0.05, 0.1) is 18.4 Å². The highest BCUT2D eigenvalue weighted by Crippen LogP contribution is 2.31. The predicted octanol–water partition coefficient (Wildman–Crippen LogP) is 3.87. The van der Waals surface area contributed by atoms with Gasteiger partial charge in [-0.15, -0.1) is 0 Å². The molecule has 168 valence electrons. The van der Waals surface area contributed by atoms with E-state index in [2.05, 4.69) is 11.1 Å². The minimum atomic E-state index is -0.0975. The van der Waals surface area contributed by atoms with Crippen molar-refractivity contribution < 1.29 is 14.3 Å². The van der Waals surface area contributed by atoms with Crippen molar-refractivity contribution in [1.82, 2.24) is 19.8 Å². The second kappa shape index (κ2) is 9.69. The minimum Gasteiger partial charge on any atom is -0.481 e. The third-order valence-electron chi connectivity index (χ3n) is 6.04. The molecule has 2 aromatic rings. The number of rotatable bonds is 4. The zero-order valence-electron chi connectivity index (χ0n) is 18.4. The summed E-state index contributed by atoms with van der Waals surface area (Å²) in [6.45, 7) is 4.48. The molecule has 0 aliphatic carbocycles. The third kappa shape index (κ3) is 4.78. The van der Waals surface area contributed by atoms with Gasteiger partial charge in [0, 0.05) is 49.4 Å². The number of carbonyl (C=O) groups is 2. The zero-order chi connectivity index (χ0) is 22.7. The third-order valence-corrected chi connectivity index (χ3v) is 6.23. The number of hydrogen-bond acceptors (Lipinski definition) is 5. The van der Waals surface area contributed by atoms with Crippen molar-refractivity contribution >= 4 is 23.4 Å². The molecule has 0 atom stereocenters. The second-order valence-corrected chi connectivity index (χ2v) is 8.57. The second-order valence-electron chi connectivity index (χ2n) is 8.18. The molecule has 0 unspecified atom stereocenters. The van der Waals surface area contributed by atoms with Crippen LogP contribution in [0.5, 0.6) is 5.88 Å². The maximum absolute atomic E-state index is 13.2. The highest BCUT2D eigenvalue weighted by atomic mass is 35.5. The van der Waals surface area contributed by atoms with Crippen molar-refractivity contribution in [1.29, 1.82) is 0 Å². The average molecular weight is 455 g/mol. The van der Waals surface area contributed by atoms with Crippen LogP contribution in [0, 0.1) is 6.92 Å². The first-order valence-corrected chi connectivity index (χ1v) is 11.3. The zero-order valence-corrected chi connectivity index (χ0v) is 19.1. The highest BCUT2D eigenvalue weighted by Gasteiger charge is 2.30. The topological polar surface area (TPSA) is 75.6 Å². The number of piperidine rings is 1. The number of methoxy groups -OCH3 is 1. The summed E-state index contributed by atoms with van der Waals surface area (Å²) < 4.78 is 5.13. The van der Waals surface area contributed by atoms with E-state index in [1.54, 1.807) is 12.1 Å². The lowest BCUT2D eigenvalue weighted by Gasteiger charge is -2.33. The van der Waals surface area contributed by atoms with Gasteiger partial charge in [-0.2, -0.15) is 0 Å². The van der Waals surface area contributed by atoms with E-state index in [1.807, 2.05) is 34.9 Å². The summed E-state index contributed by atoms with van der Waals surface area (Å²) in [7, 11) is 1.49. The number of ether oxygens (including phenoxy) is 1. The van der Waals surface area contributed by atoms with E-state index in [-0.39, 0.29) is 22.9 Å². The van der Waals surface area contributed by atoms with Crippen LogP contribution in [0.4, 0.5) is 0 Å². The predicted molar refractivity (Wildman–Crippen MR) is 122 cm³/mol. The summed E-state index contributed by atoms with van der Waals surface area (Å²) >= 11 is 6.03. The van der Waals surface area contributed by atoms with E-state index in [9.17, 15) is 9.59 Å². The lowest BCUT2D eigenvalue weighted by molar-refractivity contribution is 0.0705. The van der Waals surface area contributed by atoms with Gasteiger partial charge in [0.2, 0.25) is 5.88 Å². The van der Waals surface area contributed by atoms with Crippen LogP contribution in [-0.4, -0.2) is 64.9 Å². The Morgan fingerprint density at radius 2 is 1.81 bits per heavy atom. The van der Waals surface area contributed by atoms with E-state index in [1.165, 1.54) is 7.11 Å². The maximum atomic E-state index is 13.2. The first-order chi connectivity index (χ1) is 15.5. The van der Waals surface area contributed by atoms with Crippen LogP contribution in [0.15, 0.2) is 36.4 Å². The summed E-state index contributed by atoms with van der Waals surface area (Å²) in [5.41, 5.74) is 2.89. The number of aryl methyl sites for hydroxylation is 1. The van der Waals surface area contributed by atoms with Crippen LogP contribution in [-0.2, 0) is 0 Å². The Hall–Kier alpha value is -2.93. The van der Waals surface area contributed by atoms with Crippen LogP contribution in [0.25, 0.3) is 0 Å². The van der Waals surface area contributed by atoms with Gasteiger partial charge in [0.1, 0.15) is 5.15 Å². The summed E-state index contributed by atoms with van der Waals surface area (Å²) in [4.78, 5) is 38.7. The molecule has 1 saturated heterocycles. The molecular weight excluding hydrogens is 428 g/mol. The molecule has 0 spiro atoms. The Balaban J connectivity index is 1.49. The molecule has 8 heteroatoms. The van der Waals surface area contributed by atoms with Crippen molar-refractivity contribution in [3.63, 3.8) is 0 Å². The van der Waals surface area contributed by atoms with Gasteiger partial charge in [-0.25, -0.2) is 4.98 Å². The van der Waals surface area contributed by atoms with E-state index < -0.39 is 0 Å². The molecule has 32 heavy (non-hydrogen) atoms. The molecule has 0 saturated carbocycles. The smallest absolute Gasteiger partial charge is 0.256 e. The number of carbonyl (C=O) groups excluding carboxylic acids is 2. The lowest BCUT2D eigenvalue weighted by atomic mass is 9.89. The van der Waals surface area contributed by atoms with E-state index >= 15 is 0 Å². The van der Waals surface area contributed by atoms with Crippen molar-refractivity contribution in [3.8, 4) is 5.88 Å². The number of halogens is 1. The monoisotopic (exact) mass is 454 g/mol. The van der Waals surface area contributed by atoms with Crippen LogP contribution in [0.1, 0.15) is 57.3 Å². The maximum Gasteiger partial charge on any atom is 0.256 e. The van der Waals surface area contributed by atoms with Crippen molar-refractivity contribution in [3.05, 3.63) is 64.1 Å². The molecule has 0 bridgehead atoms. The largest absolute Gasteiger partial charge is 0.481 e. The van der Waals surface area contributed by atoms with E-state index in [4.69, 9.17) is 21.3 Å². The van der Waals surface area contributed by atoms with Gasteiger partial charge in [-0.3, -0.25) is 14.6 Å². The molecule has 2 aromatic heterocycles. The number of hydrogen-bond donors (Lipinski definition) is 0. The highest BCUT2D eigenvalue weighted by molar-refractivity contribution is 6.29. The fourth-order valence-electron chi connectivity index (χ4n) is 4.30. The van der Waals surface area contributed by atoms with Crippen molar-refractivity contribution in [2.24, 2.45) is 0 Å². The molecule has 0 aromatic carbocycles. The SMILES string of the molecule is COc1cc(C(=O)N2CCC(c3nc(C)ccc3C(=O)N3CC=CCC3)CC2)cc(Cl)n1. The summed E-state index contributed by atoms with van der Waals surface area (Å²) in [5.74, 6) is 0.387. The molecule has 2 aliphatic heterocycles. The summed E-state index contributed by atoms with van der Waals surface area (Å²) in [5, 5.41) is 0.224. The molecule has 2 amide bonds. The molecule has 7 nitrogen and oxygen atoms in total. The lowest BCUT2D eigenvalue weighted by Crippen LogP contribution is -2.39. The van der Waals surface area contributed by atoms with Gasteiger partial charge < -0.3 is 14.5 Å². The molecule has 2 aliphatic rings. The molecular formula is C24H27ClN4O3. The fraction of sp³-hybridized carbons (Fsp3) is 0.417. The van der Waals surface area contributed by atoms with Gasteiger partial charge in [-0.1, -0.05) is 23.8 Å². The number of pyridine rings is 2. The van der Waals surface area contributed by atoms with Gasteiger partial charge in [-0.05, 0) is 44.4 Å². The standard InChI is InChI=1S/C24H27ClN4O3/c1-16-6-7-19(24(31)28-10-4-3-5-11-28)22(26-16)17-8-12-29(13-9-17)23(30)18-14-20(25)27-21(15-18)32-2/h3-4,6-7,14-15,17H,5,8-13H2,1-2H3. The fourth-order valence-corrected chi connectivity index (χ4v) is 4.51. The normalized spacial score (nSPS) is 16.8. The van der Waals surface area contributed by atoms with Crippen LogP contribution < -0.4 is 4.74 Å². The number of aromatic nitrogens is 2. The van der Waals surface area contributed by atoms with Crippen LogP contribution in [0.3, 0.4) is 0 Å².